The molecule has 1 atom stereocenters. The molecule has 11 heavy (non-hydrogen) atoms. The summed E-state index contributed by atoms with van der Waals surface area (Å²) in [5.74, 6) is 0.853. The fourth-order valence-electron chi connectivity index (χ4n) is 1.50. The number of nitrogens with zero attached hydrogens (tertiary/aromatic N) is 1. The lowest BCUT2D eigenvalue weighted by molar-refractivity contribution is 0.375. The minimum absolute atomic E-state index is 0.853. The number of piperidine rings is 1. The van der Waals surface area contributed by atoms with Gasteiger partial charge >= 0.3 is 0 Å². The lowest BCUT2D eigenvalue weighted by Crippen LogP contribution is -2.23. The summed E-state index contributed by atoms with van der Waals surface area (Å²) < 4.78 is 0. The molecule has 1 aliphatic rings. The first kappa shape index (κ1) is 8.79. The van der Waals surface area contributed by atoms with E-state index < -0.39 is 0 Å². The van der Waals surface area contributed by atoms with Gasteiger partial charge in [-0.2, -0.15) is 0 Å². The van der Waals surface area contributed by atoms with E-state index in [4.69, 9.17) is 0 Å². The summed E-state index contributed by atoms with van der Waals surface area (Å²) in [7, 11) is 0. The van der Waals surface area contributed by atoms with Crippen molar-refractivity contribution in [3.05, 3.63) is 12.2 Å². The Bertz CT molecular complexity index is 112. The highest BCUT2D eigenvalue weighted by Gasteiger charge is 2.11. The van der Waals surface area contributed by atoms with Crippen LogP contribution in [0.15, 0.2) is 12.2 Å². The lowest BCUT2D eigenvalue weighted by Gasteiger charge is -2.19. The summed E-state index contributed by atoms with van der Waals surface area (Å²) in [4.78, 5) is 0. The van der Waals surface area contributed by atoms with E-state index in [1.807, 2.05) is 0 Å². The van der Waals surface area contributed by atoms with Gasteiger partial charge < -0.3 is 0 Å². The standard InChI is InChI=1S/C10H18N/c1-2-3-4-6-10-7-5-8-11-9-10/h3-4,10H,2,5-9H2,1H3/b4-3+. The Kier molecular flexibility index (Phi) is 4.29. The Morgan fingerprint density at radius 1 is 1.45 bits per heavy atom. The SMILES string of the molecule is CC/C=C/CC1CCC[N]C1. The molecule has 0 aromatic rings. The predicted octanol–water partition coefficient (Wildman–Crippen LogP) is 2.36. The number of rotatable bonds is 3. The van der Waals surface area contributed by atoms with Gasteiger partial charge in [-0.25, -0.2) is 5.32 Å². The fraction of sp³-hybridized carbons (Fsp3) is 0.800. The summed E-state index contributed by atoms with van der Waals surface area (Å²) in [6.07, 6.45) is 9.68. The van der Waals surface area contributed by atoms with Gasteiger partial charge in [-0.3, -0.25) is 0 Å². The lowest BCUT2D eigenvalue weighted by atomic mass is 9.96. The molecule has 0 aromatic heterocycles. The predicted molar refractivity (Wildman–Crippen MR) is 48.6 cm³/mol. The van der Waals surface area contributed by atoms with Crippen LogP contribution in [0.4, 0.5) is 0 Å². The van der Waals surface area contributed by atoms with Crippen molar-refractivity contribution in [1.82, 2.24) is 5.32 Å². The van der Waals surface area contributed by atoms with E-state index >= 15 is 0 Å². The van der Waals surface area contributed by atoms with Crippen molar-refractivity contribution in [1.29, 1.82) is 0 Å². The van der Waals surface area contributed by atoms with Gasteiger partial charge in [-0.1, -0.05) is 19.1 Å². The average molecular weight is 152 g/mol. The van der Waals surface area contributed by atoms with Gasteiger partial charge in [-0.05, 0) is 31.6 Å². The number of allylic oxidation sites excluding steroid dienone is 2. The van der Waals surface area contributed by atoms with Crippen LogP contribution < -0.4 is 5.32 Å². The van der Waals surface area contributed by atoms with E-state index in [9.17, 15) is 0 Å². The van der Waals surface area contributed by atoms with E-state index in [0.29, 0.717) is 0 Å². The summed E-state index contributed by atoms with van der Waals surface area (Å²) in [6.45, 7) is 4.39. The van der Waals surface area contributed by atoms with E-state index in [-0.39, 0.29) is 0 Å². The van der Waals surface area contributed by atoms with Crippen molar-refractivity contribution >= 4 is 0 Å². The molecule has 1 nitrogen and oxygen atoms in total. The molecule has 1 radical (unpaired) electrons. The molecule has 0 N–H and O–H groups in total. The third-order valence-electron chi connectivity index (χ3n) is 2.19. The maximum Gasteiger partial charge on any atom is 0.0164 e. The van der Waals surface area contributed by atoms with Gasteiger partial charge in [0.15, 0.2) is 0 Å². The largest absolute Gasteiger partial charge is 0.241 e. The van der Waals surface area contributed by atoms with E-state index in [1.54, 1.807) is 0 Å². The molecule has 0 spiro atoms. The Morgan fingerprint density at radius 3 is 3.00 bits per heavy atom. The molecule has 1 aliphatic heterocycles. The Hall–Kier alpha value is -0.300. The van der Waals surface area contributed by atoms with Gasteiger partial charge in [0.25, 0.3) is 0 Å². The smallest absolute Gasteiger partial charge is 0.0164 e. The Morgan fingerprint density at radius 2 is 2.36 bits per heavy atom. The Labute approximate surface area is 69.9 Å². The van der Waals surface area contributed by atoms with Crippen molar-refractivity contribution in [2.75, 3.05) is 13.1 Å². The highest BCUT2D eigenvalue weighted by Crippen LogP contribution is 2.14. The minimum atomic E-state index is 0.853. The first-order valence-corrected chi connectivity index (χ1v) is 4.71. The second kappa shape index (κ2) is 5.36. The molecule has 0 bridgehead atoms. The molecule has 0 aliphatic carbocycles. The molecule has 1 unspecified atom stereocenters. The van der Waals surface area contributed by atoms with Gasteiger partial charge in [0.1, 0.15) is 0 Å². The highest BCUT2D eigenvalue weighted by atomic mass is 14.9. The Balaban J connectivity index is 2.09. The van der Waals surface area contributed by atoms with E-state index in [0.717, 1.165) is 19.0 Å². The van der Waals surface area contributed by atoms with Crippen LogP contribution in [-0.2, 0) is 0 Å². The molecular formula is C10H18N. The molecule has 0 aromatic carbocycles. The minimum Gasteiger partial charge on any atom is -0.241 e. The van der Waals surface area contributed by atoms with Crippen LogP contribution in [0.25, 0.3) is 0 Å². The van der Waals surface area contributed by atoms with Gasteiger partial charge in [0, 0.05) is 13.1 Å². The molecule has 1 heteroatoms. The molecule has 1 saturated heterocycles. The highest BCUT2D eigenvalue weighted by molar-refractivity contribution is 4.84. The molecule has 0 amide bonds. The van der Waals surface area contributed by atoms with Crippen LogP contribution >= 0.6 is 0 Å². The maximum atomic E-state index is 4.40. The molecular weight excluding hydrogens is 134 g/mol. The summed E-state index contributed by atoms with van der Waals surface area (Å²) >= 11 is 0. The molecule has 0 saturated carbocycles. The quantitative estimate of drug-likeness (QED) is 0.551. The van der Waals surface area contributed by atoms with Gasteiger partial charge in [-0.15, -0.1) is 0 Å². The fourth-order valence-corrected chi connectivity index (χ4v) is 1.50. The summed E-state index contributed by atoms with van der Waals surface area (Å²) in [5, 5.41) is 4.40. The van der Waals surface area contributed by atoms with E-state index in [1.165, 1.54) is 25.7 Å². The molecule has 1 fully saturated rings. The topological polar surface area (TPSA) is 14.1 Å². The molecule has 63 valence electrons. The van der Waals surface area contributed by atoms with Crippen molar-refractivity contribution < 1.29 is 0 Å². The monoisotopic (exact) mass is 152 g/mol. The van der Waals surface area contributed by atoms with Crippen LogP contribution in [0, 0.1) is 5.92 Å². The van der Waals surface area contributed by atoms with E-state index in [2.05, 4.69) is 24.4 Å². The van der Waals surface area contributed by atoms with Crippen molar-refractivity contribution in [2.45, 2.75) is 32.6 Å². The van der Waals surface area contributed by atoms with Crippen LogP contribution in [0.5, 0.6) is 0 Å². The summed E-state index contributed by atoms with van der Waals surface area (Å²) in [6, 6.07) is 0. The third kappa shape index (κ3) is 3.57. The van der Waals surface area contributed by atoms with Gasteiger partial charge in [0.2, 0.25) is 0 Å². The first-order valence-electron chi connectivity index (χ1n) is 4.71. The normalized spacial score (nSPS) is 26.1. The number of hydrogen-bond donors (Lipinski definition) is 0. The van der Waals surface area contributed by atoms with Crippen LogP contribution in [0.3, 0.4) is 0 Å². The maximum absolute atomic E-state index is 4.40. The first-order chi connectivity index (χ1) is 5.43. The van der Waals surface area contributed by atoms with Crippen molar-refractivity contribution in [3.63, 3.8) is 0 Å². The second-order valence-corrected chi connectivity index (χ2v) is 3.25. The van der Waals surface area contributed by atoms with Crippen molar-refractivity contribution in [3.8, 4) is 0 Å². The molecule has 1 heterocycles. The zero-order valence-electron chi connectivity index (χ0n) is 7.42. The third-order valence-corrected chi connectivity index (χ3v) is 2.19. The average Bonchev–Trinajstić information content (AvgIpc) is 2.07. The number of hydrogen-bond acceptors (Lipinski definition) is 0. The molecule has 1 rings (SSSR count). The zero-order valence-corrected chi connectivity index (χ0v) is 7.42. The van der Waals surface area contributed by atoms with Crippen LogP contribution in [-0.4, -0.2) is 13.1 Å². The van der Waals surface area contributed by atoms with Gasteiger partial charge in [0.05, 0.1) is 0 Å². The van der Waals surface area contributed by atoms with Crippen LogP contribution in [0.2, 0.25) is 0 Å². The summed E-state index contributed by atoms with van der Waals surface area (Å²) in [5.41, 5.74) is 0. The van der Waals surface area contributed by atoms with Crippen LogP contribution in [0.1, 0.15) is 32.6 Å². The van der Waals surface area contributed by atoms with Crippen molar-refractivity contribution in [2.24, 2.45) is 5.92 Å². The second-order valence-electron chi connectivity index (χ2n) is 3.25. The zero-order chi connectivity index (χ0) is 7.94.